The van der Waals surface area contributed by atoms with Crippen molar-refractivity contribution in [3.63, 3.8) is 0 Å². The summed E-state index contributed by atoms with van der Waals surface area (Å²) in [6, 6.07) is 3.35. The van der Waals surface area contributed by atoms with Crippen LogP contribution in [0, 0.1) is 29.4 Å². The summed E-state index contributed by atoms with van der Waals surface area (Å²) < 4.78 is 35.0. The minimum atomic E-state index is -0.815. The predicted octanol–water partition coefficient (Wildman–Crippen LogP) is 7.69. The van der Waals surface area contributed by atoms with Crippen LogP contribution in [0.4, 0.5) is 8.78 Å². The molecule has 2 fully saturated rings. The van der Waals surface area contributed by atoms with Crippen molar-refractivity contribution >= 4 is 5.57 Å². The van der Waals surface area contributed by atoms with E-state index in [9.17, 15) is 8.78 Å². The normalized spacial score (nSPS) is 29.0. The second-order valence-corrected chi connectivity index (χ2v) is 9.22. The van der Waals surface area contributed by atoms with Gasteiger partial charge in [-0.2, -0.15) is 4.39 Å². The highest BCUT2D eigenvalue weighted by Gasteiger charge is 2.29. The predicted molar refractivity (Wildman–Crippen MR) is 110 cm³/mol. The van der Waals surface area contributed by atoms with E-state index in [0.29, 0.717) is 5.56 Å². The molecule has 4 rings (SSSR count). The first-order valence-corrected chi connectivity index (χ1v) is 11.5. The fourth-order valence-electron chi connectivity index (χ4n) is 5.65. The highest BCUT2D eigenvalue weighted by Crippen LogP contribution is 2.42. The minimum absolute atomic E-state index is 0.0391. The van der Waals surface area contributed by atoms with Crippen molar-refractivity contribution in [3.8, 4) is 5.75 Å². The molecule has 0 amide bonds. The van der Waals surface area contributed by atoms with E-state index in [4.69, 9.17) is 4.74 Å². The zero-order chi connectivity index (χ0) is 19.5. The molecular weight excluding hydrogens is 354 g/mol. The van der Waals surface area contributed by atoms with Gasteiger partial charge in [0.25, 0.3) is 0 Å². The molecule has 0 N–H and O–H groups in total. The summed E-state index contributed by atoms with van der Waals surface area (Å²) in [5.74, 6) is 1.00. The molecule has 0 aliphatic heterocycles. The van der Waals surface area contributed by atoms with Gasteiger partial charge in [-0.05, 0) is 93.2 Å². The Morgan fingerprint density at radius 2 is 1.64 bits per heavy atom. The third kappa shape index (κ3) is 4.28. The van der Waals surface area contributed by atoms with Crippen LogP contribution in [0.5, 0.6) is 5.75 Å². The molecule has 3 aliphatic carbocycles. The molecule has 1 aromatic rings. The van der Waals surface area contributed by atoms with Crippen LogP contribution in [0.1, 0.15) is 89.5 Å². The molecule has 2 saturated carbocycles. The molecule has 0 aromatic heterocycles. The Morgan fingerprint density at radius 1 is 0.893 bits per heavy atom. The molecule has 3 aliphatic rings. The molecular formula is C25H34F2O. The second kappa shape index (κ2) is 8.97. The highest BCUT2D eigenvalue weighted by molar-refractivity contribution is 5.67. The standard InChI is InChI=1S/C25H34F2O/c1-2-17-7-9-18(10-8-17)19-11-13-20(14-12-19)22-15-16-23(25(27)24(22)26)28-21-5-3-4-6-21/h13,15-19,21H,2-12,14H2,1H3. The Kier molecular flexibility index (Phi) is 6.38. The molecule has 1 unspecified atom stereocenters. The van der Waals surface area contributed by atoms with Crippen molar-refractivity contribution < 1.29 is 13.5 Å². The SMILES string of the molecule is CCC1CCC(C2CC=C(c3ccc(OC4CCCC4)c(F)c3F)CC2)CC1. The summed E-state index contributed by atoms with van der Waals surface area (Å²) in [7, 11) is 0. The fourth-order valence-corrected chi connectivity index (χ4v) is 5.65. The van der Waals surface area contributed by atoms with E-state index in [-0.39, 0.29) is 11.9 Å². The molecule has 1 atom stereocenters. The van der Waals surface area contributed by atoms with Crippen LogP contribution in [0.2, 0.25) is 0 Å². The zero-order valence-corrected chi connectivity index (χ0v) is 17.2. The number of halogens is 2. The van der Waals surface area contributed by atoms with Gasteiger partial charge in [0.15, 0.2) is 11.6 Å². The van der Waals surface area contributed by atoms with E-state index in [2.05, 4.69) is 13.0 Å². The molecule has 1 nitrogen and oxygen atoms in total. The first kappa shape index (κ1) is 19.9. The zero-order valence-electron chi connectivity index (χ0n) is 17.2. The number of ether oxygens (including phenoxy) is 1. The molecule has 3 heteroatoms. The Bertz CT molecular complexity index is 697. The molecule has 154 valence electrons. The number of hydrogen-bond acceptors (Lipinski definition) is 1. The van der Waals surface area contributed by atoms with Crippen LogP contribution in [0.15, 0.2) is 18.2 Å². The first-order valence-electron chi connectivity index (χ1n) is 11.5. The lowest BCUT2D eigenvalue weighted by molar-refractivity contribution is 0.192. The van der Waals surface area contributed by atoms with Gasteiger partial charge in [0.05, 0.1) is 6.10 Å². The minimum Gasteiger partial charge on any atom is -0.487 e. The van der Waals surface area contributed by atoms with Crippen LogP contribution in [0.3, 0.4) is 0 Å². The van der Waals surface area contributed by atoms with Gasteiger partial charge >= 0.3 is 0 Å². The summed E-state index contributed by atoms with van der Waals surface area (Å²) in [5, 5.41) is 0. The monoisotopic (exact) mass is 388 g/mol. The Morgan fingerprint density at radius 3 is 2.29 bits per heavy atom. The lowest BCUT2D eigenvalue weighted by Gasteiger charge is -2.35. The largest absolute Gasteiger partial charge is 0.487 e. The van der Waals surface area contributed by atoms with Gasteiger partial charge in [-0.25, -0.2) is 4.39 Å². The van der Waals surface area contributed by atoms with Crippen LogP contribution in [0.25, 0.3) is 5.57 Å². The van der Waals surface area contributed by atoms with E-state index in [1.807, 2.05) is 0 Å². The third-order valence-electron chi connectivity index (χ3n) is 7.58. The maximum Gasteiger partial charge on any atom is 0.201 e. The van der Waals surface area contributed by atoms with Gasteiger partial charge in [-0.3, -0.25) is 0 Å². The summed E-state index contributed by atoms with van der Waals surface area (Å²) in [4.78, 5) is 0. The van der Waals surface area contributed by atoms with Gasteiger partial charge in [-0.1, -0.05) is 32.3 Å². The van der Waals surface area contributed by atoms with Crippen LogP contribution in [-0.4, -0.2) is 6.10 Å². The van der Waals surface area contributed by atoms with Crippen LogP contribution >= 0.6 is 0 Å². The molecule has 28 heavy (non-hydrogen) atoms. The van der Waals surface area contributed by atoms with E-state index < -0.39 is 11.6 Å². The van der Waals surface area contributed by atoms with E-state index in [1.165, 1.54) is 32.1 Å². The Balaban J connectivity index is 1.40. The van der Waals surface area contributed by atoms with Crippen molar-refractivity contribution in [2.45, 2.75) is 90.1 Å². The number of rotatable bonds is 5. The summed E-state index contributed by atoms with van der Waals surface area (Å²) >= 11 is 0. The van der Waals surface area contributed by atoms with Gasteiger partial charge in [-0.15, -0.1) is 0 Å². The van der Waals surface area contributed by atoms with Crippen molar-refractivity contribution in [1.29, 1.82) is 0 Å². The number of allylic oxidation sites excluding steroid dienone is 2. The molecule has 0 heterocycles. The lowest BCUT2D eigenvalue weighted by atomic mass is 9.70. The molecule has 0 saturated heterocycles. The van der Waals surface area contributed by atoms with E-state index >= 15 is 0 Å². The number of hydrogen-bond donors (Lipinski definition) is 0. The fraction of sp³-hybridized carbons (Fsp3) is 0.680. The summed E-state index contributed by atoms with van der Waals surface area (Å²) in [5.41, 5.74) is 1.41. The van der Waals surface area contributed by atoms with E-state index in [0.717, 1.165) is 68.3 Å². The Labute approximate surface area is 168 Å². The van der Waals surface area contributed by atoms with Gasteiger partial charge < -0.3 is 4.74 Å². The first-order chi connectivity index (χ1) is 13.7. The van der Waals surface area contributed by atoms with Crippen molar-refractivity contribution in [2.75, 3.05) is 0 Å². The molecule has 0 spiro atoms. The summed E-state index contributed by atoms with van der Waals surface area (Å²) in [6.45, 7) is 2.30. The van der Waals surface area contributed by atoms with Crippen molar-refractivity contribution in [2.24, 2.45) is 17.8 Å². The molecule has 0 bridgehead atoms. The maximum absolute atomic E-state index is 14.8. The second-order valence-electron chi connectivity index (χ2n) is 9.22. The molecule has 1 aromatic carbocycles. The number of benzene rings is 1. The highest BCUT2D eigenvalue weighted by atomic mass is 19.2. The smallest absolute Gasteiger partial charge is 0.201 e. The maximum atomic E-state index is 14.8. The van der Waals surface area contributed by atoms with Crippen LogP contribution in [-0.2, 0) is 0 Å². The van der Waals surface area contributed by atoms with Crippen molar-refractivity contribution in [3.05, 3.63) is 35.4 Å². The van der Waals surface area contributed by atoms with Crippen LogP contribution < -0.4 is 4.74 Å². The van der Waals surface area contributed by atoms with Crippen molar-refractivity contribution in [1.82, 2.24) is 0 Å². The summed E-state index contributed by atoms with van der Waals surface area (Å²) in [6.07, 6.45) is 16.1. The van der Waals surface area contributed by atoms with Gasteiger partial charge in [0, 0.05) is 5.56 Å². The Hall–Kier alpha value is -1.38. The van der Waals surface area contributed by atoms with Gasteiger partial charge in [0.1, 0.15) is 0 Å². The lowest BCUT2D eigenvalue weighted by Crippen LogP contribution is -2.23. The van der Waals surface area contributed by atoms with Gasteiger partial charge in [0.2, 0.25) is 5.82 Å². The topological polar surface area (TPSA) is 9.23 Å². The third-order valence-corrected chi connectivity index (χ3v) is 7.58. The van der Waals surface area contributed by atoms with E-state index in [1.54, 1.807) is 12.1 Å². The average molecular weight is 389 g/mol. The molecule has 0 radical (unpaired) electrons. The average Bonchev–Trinajstić information content (AvgIpc) is 3.25. The quantitative estimate of drug-likeness (QED) is 0.502.